The number of benzene rings is 3. The molecule has 6 heteroatoms. The molecule has 4 aromatic rings. The van der Waals surface area contributed by atoms with Crippen molar-refractivity contribution < 1.29 is 9.53 Å². The second-order valence-electron chi connectivity index (χ2n) is 7.30. The first kappa shape index (κ1) is 20.9. The summed E-state index contributed by atoms with van der Waals surface area (Å²) in [5, 5.41) is 3.46. The van der Waals surface area contributed by atoms with E-state index >= 15 is 0 Å². The van der Waals surface area contributed by atoms with Crippen LogP contribution in [0, 0.1) is 0 Å². The first-order valence-corrected chi connectivity index (χ1v) is 10.7. The highest BCUT2D eigenvalue weighted by Crippen LogP contribution is 2.23. The zero-order valence-corrected chi connectivity index (χ0v) is 18.0. The summed E-state index contributed by atoms with van der Waals surface area (Å²) in [6.07, 6.45) is 0.813. The Kier molecular flexibility index (Phi) is 6.53. The largest absolute Gasteiger partial charge is 0.494 e. The summed E-state index contributed by atoms with van der Waals surface area (Å²) in [5.41, 5.74) is 2.39. The van der Waals surface area contributed by atoms with E-state index in [1.165, 1.54) is 0 Å². The fourth-order valence-corrected chi connectivity index (χ4v) is 3.79. The predicted molar refractivity (Wildman–Crippen MR) is 124 cm³/mol. The van der Waals surface area contributed by atoms with Crippen molar-refractivity contribution in [1.82, 2.24) is 14.9 Å². The highest BCUT2D eigenvalue weighted by molar-refractivity contribution is 6.33. The van der Waals surface area contributed by atoms with Crippen molar-refractivity contribution in [1.29, 1.82) is 0 Å². The van der Waals surface area contributed by atoms with Crippen LogP contribution in [-0.4, -0.2) is 22.1 Å². The zero-order chi connectivity index (χ0) is 21.6. The van der Waals surface area contributed by atoms with Crippen molar-refractivity contribution in [3.8, 4) is 5.75 Å². The molecule has 0 aliphatic heterocycles. The van der Waals surface area contributed by atoms with E-state index in [2.05, 4.69) is 9.88 Å². The van der Waals surface area contributed by atoms with Crippen molar-refractivity contribution in [3.63, 3.8) is 0 Å². The molecule has 0 saturated heterocycles. The number of ether oxygens (including phenoxy) is 1. The molecule has 1 amide bonds. The number of imidazole rings is 1. The summed E-state index contributed by atoms with van der Waals surface area (Å²) in [6, 6.07) is 24.5. The van der Waals surface area contributed by atoms with E-state index in [0.29, 0.717) is 17.2 Å². The van der Waals surface area contributed by atoms with Crippen LogP contribution >= 0.6 is 11.6 Å². The van der Waals surface area contributed by atoms with Crippen LogP contribution in [-0.2, 0) is 6.54 Å². The van der Waals surface area contributed by atoms with E-state index in [1.54, 1.807) is 24.3 Å². The molecule has 0 bridgehead atoms. The zero-order valence-electron chi connectivity index (χ0n) is 17.3. The van der Waals surface area contributed by atoms with Crippen LogP contribution in [0.15, 0.2) is 78.9 Å². The van der Waals surface area contributed by atoms with Crippen molar-refractivity contribution in [2.75, 3.05) is 6.61 Å². The van der Waals surface area contributed by atoms with Crippen molar-refractivity contribution in [3.05, 3.63) is 95.3 Å². The Morgan fingerprint density at radius 1 is 1.03 bits per heavy atom. The minimum Gasteiger partial charge on any atom is -0.494 e. The number of hydrogen-bond acceptors (Lipinski definition) is 3. The van der Waals surface area contributed by atoms with Gasteiger partial charge in [-0.1, -0.05) is 54.1 Å². The van der Waals surface area contributed by atoms with Crippen molar-refractivity contribution >= 4 is 28.5 Å². The molecular weight excluding hydrogens is 410 g/mol. The average Bonchev–Trinajstić information content (AvgIpc) is 3.16. The number of para-hydroxylation sites is 3. The summed E-state index contributed by atoms with van der Waals surface area (Å²) < 4.78 is 7.99. The van der Waals surface area contributed by atoms with Gasteiger partial charge in [-0.15, -0.1) is 0 Å². The van der Waals surface area contributed by atoms with E-state index in [0.717, 1.165) is 35.6 Å². The first-order valence-electron chi connectivity index (χ1n) is 10.3. The second kappa shape index (κ2) is 9.67. The number of carbonyl (C=O) groups excluding carboxylic acids is 1. The molecule has 0 fully saturated rings. The van der Waals surface area contributed by atoms with Gasteiger partial charge in [0, 0.05) is 6.54 Å². The molecular formula is C25H24ClN3O2. The number of nitrogens with zero attached hydrogens (tertiary/aromatic N) is 2. The molecule has 1 aromatic heterocycles. The van der Waals surface area contributed by atoms with Gasteiger partial charge in [0.2, 0.25) is 0 Å². The number of aromatic nitrogens is 2. The van der Waals surface area contributed by atoms with Gasteiger partial charge < -0.3 is 14.6 Å². The predicted octanol–water partition coefficient (Wildman–Crippen LogP) is 5.65. The molecule has 1 heterocycles. The number of fused-ring (bicyclic) bond motifs is 1. The topological polar surface area (TPSA) is 56.2 Å². The van der Waals surface area contributed by atoms with Crippen LogP contribution in [0.4, 0.5) is 0 Å². The SMILES string of the molecule is CC(NC(=O)c1ccccc1Cl)c1nc2ccccc2n1CCCOc1ccccc1. The summed E-state index contributed by atoms with van der Waals surface area (Å²) in [4.78, 5) is 17.5. The number of carbonyl (C=O) groups is 1. The summed E-state index contributed by atoms with van der Waals surface area (Å²) >= 11 is 6.18. The van der Waals surface area contributed by atoms with Gasteiger partial charge >= 0.3 is 0 Å². The van der Waals surface area contributed by atoms with Crippen LogP contribution in [0.3, 0.4) is 0 Å². The second-order valence-corrected chi connectivity index (χ2v) is 7.71. The van der Waals surface area contributed by atoms with Crippen molar-refractivity contribution in [2.24, 2.45) is 0 Å². The van der Waals surface area contributed by atoms with E-state index < -0.39 is 0 Å². The van der Waals surface area contributed by atoms with Crippen LogP contribution in [0.5, 0.6) is 5.75 Å². The Labute approximate surface area is 186 Å². The van der Waals surface area contributed by atoms with Crippen LogP contribution in [0.25, 0.3) is 11.0 Å². The number of aryl methyl sites for hydroxylation is 1. The average molecular weight is 434 g/mol. The Hall–Kier alpha value is -3.31. The summed E-state index contributed by atoms with van der Waals surface area (Å²) in [6.45, 7) is 3.26. The van der Waals surface area contributed by atoms with Crippen LogP contribution in [0.1, 0.15) is 35.6 Å². The third kappa shape index (κ3) is 4.89. The minimum absolute atomic E-state index is 0.218. The van der Waals surface area contributed by atoms with E-state index in [4.69, 9.17) is 21.3 Å². The summed E-state index contributed by atoms with van der Waals surface area (Å²) in [7, 11) is 0. The lowest BCUT2D eigenvalue weighted by Crippen LogP contribution is -2.29. The quantitative estimate of drug-likeness (QED) is 0.365. The minimum atomic E-state index is -0.286. The highest BCUT2D eigenvalue weighted by Gasteiger charge is 2.20. The van der Waals surface area contributed by atoms with Crippen molar-refractivity contribution in [2.45, 2.75) is 25.9 Å². The molecule has 31 heavy (non-hydrogen) atoms. The van der Waals surface area contributed by atoms with Crippen LogP contribution in [0.2, 0.25) is 5.02 Å². The van der Waals surface area contributed by atoms with Gasteiger partial charge in [0.1, 0.15) is 11.6 Å². The highest BCUT2D eigenvalue weighted by atomic mass is 35.5. The standard InChI is InChI=1S/C25H24ClN3O2/c1-18(27-25(30)20-12-5-6-13-21(20)26)24-28-22-14-7-8-15-23(22)29(24)16-9-17-31-19-10-3-2-4-11-19/h2-8,10-15,18H,9,16-17H2,1H3,(H,27,30). The lowest BCUT2D eigenvalue weighted by Gasteiger charge is -2.17. The fraction of sp³-hybridized carbons (Fsp3) is 0.200. The van der Waals surface area contributed by atoms with Gasteiger partial charge in [-0.2, -0.15) is 0 Å². The monoisotopic (exact) mass is 433 g/mol. The smallest absolute Gasteiger partial charge is 0.253 e. The van der Waals surface area contributed by atoms with E-state index in [9.17, 15) is 4.79 Å². The molecule has 0 saturated carbocycles. The molecule has 158 valence electrons. The van der Waals surface area contributed by atoms with Gasteiger partial charge in [-0.05, 0) is 49.7 Å². The summed E-state index contributed by atoms with van der Waals surface area (Å²) in [5.74, 6) is 1.45. The van der Waals surface area contributed by atoms with E-state index in [1.807, 2.05) is 61.5 Å². The van der Waals surface area contributed by atoms with Gasteiger partial charge in [-0.3, -0.25) is 4.79 Å². The molecule has 0 spiro atoms. The Bertz CT molecular complexity index is 1170. The number of hydrogen-bond donors (Lipinski definition) is 1. The lowest BCUT2D eigenvalue weighted by atomic mass is 10.2. The molecule has 1 N–H and O–H groups in total. The van der Waals surface area contributed by atoms with Gasteiger partial charge in [0.05, 0.1) is 34.3 Å². The van der Waals surface area contributed by atoms with Gasteiger partial charge in [-0.25, -0.2) is 4.98 Å². The first-order chi connectivity index (χ1) is 15.1. The molecule has 4 rings (SSSR count). The third-order valence-electron chi connectivity index (χ3n) is 5.08. The normalized spacial score (nSPS) is 11.9. The number of nitrogens with one attached hydrogen (secondary N) is 1. The Morgan fingerprint density at radius 2 is 1.74 bits per heavy atom. The van der Waals surface area contributed by atoms with Gasteiger partial charge in [0.25, 0.3) is 5.91 Å². The third-order valence-corrected chi connectivity index (χ3v) is 5.41. The van der Waals surface area contributed by atoms with Gasteiger partial charge in [0.15, 0.2) is 0 Å². The Morgan fingerprint density at radius 3 is 2.55 bits per heavy atom. The maximum Gasteiger partial charge on any atom is 0.253 e. The lowest BCUT2D eigenvalue weighted by molar-refractivity contribution is 0.0937. The Balaban J connectivity index is 1.50. The maximum atomic E-state index is 12.7. The molecule has 1 unspecified atom stereocenters. The molecule has 0 aliphatic rings. The molecule has 1 atom stereocenters. The molecule has 5 nitrogen and oxygen atoms in total. The molecule has 0 aliphatic carbocycles. The maximum absolute atomic E-state index is 12.7. The number of amides is 1. The molecule has 0 radical (unpaired) electrons. The number of halogens is 1. The molecule has 3 aromatic carbocycles. The van der Waals surface area contributed by atoms with E-state index in [-0.39, 0.29) is 11.9 Å². The number of rotatable bonds is 8. The fourth-order valence-electron chi connectivity index (χ4n) is 3.57. The van der Waals surface area contributed by atoms with Crippen LogP contribution < -0.4 is 10.1 Å².